The highest BCUT2D eigenvalue weighted by atomic mass is 32.1. The lowest BCUT2D eigenvalue weighted by atomic mass is 9.86. The lowest BCUT2D eigenvalue weighted by molar-refractivity contribution is -0.144. The van der Waals surface area contributed by atoms with Crippen LogP contribution in [0.5, 0.6) is 5.75 Å². The third-order valence-electron chi connectivity index (χ3n) is 5.39. The molecule has 1 fully saturated rings. The maximum absolute atomic E-state index is 14.1. The molecule has 33 heavy (non-hydrogen) atoms. The number of halogens is 1. The smallest absolute Gasteiger partial charge is 0.354 e. The van der Waals surface area contributed by atoms with Crippen molar-refractivity contribution in [1.82, 2.24) is 4.90 Å². The number of amidine groups is 1. The average Bonchev–Trinajstić information content (AvgIpc) is 3.37. The molecular formula is C23H24FN3O5S. The van der Waals surface area contributed by atoms with Gasteiger partial charge in [-0.25, -0.2) is 9.18 Å². The van der Waals surface area contributed by atoms with Gasteiger partial charge in [-0.2, -0.15) is 0 Å². The minimum atomic E-state index is -0.930. The van der Waals surface area contributed by atoms with Crippen molar-refractivity contribution >= 4 is 35.0 Å². The van der Waals surface area contributed by atoms with Gasteiger partial charge in [-0.05, 0) is 43.5 Å². The van der Waals surface area contributed by atoms with Crippen molar-refractivity contribution in [2.45, 2.75) is 45.6 Å². The third-order valence-corrected chi connectivity index (χ3v) is 6.46. The van der Waals surface area contributed by atoms with E-state index in [1.807, 2.05) is 0 Å². The molecule has 1 saturated heterocycles. The molecule has 1 amide bonds. The van der Waals surface area contributed by atoms with E-state index in [0.717, 1.165) is 28.7 Å². The maximum atomic E-state index is 14.1. The molecule has 8 nitrogen and oxygen atoms in total. The number of amides is 1. The number of hydrogen-bond acceptors (Lipinski definition) is 6. The van der Waals surface area contributed by atoms with E-state index in [1.54, 1.807) is 24.8 Å². The number of carboxylic acids is 1. The van der Waals surface area contributed by atoms with E-state index >= 15 is 0 Å². The number of aliphatic carboxylic acids is 1. The van der Waals surface area contributed by atoms with Crippen LogP contribution >= 0.6 is 11.3 Å². The molecule has 2 aromatic rings. The maximum Gasteiger partial charge on any atom is 0.354 e. The van der Waals surface area contributed by atoms with Crippen molar-refractivity contribution in [3.63, 3.8) is 0 Å². The Morgan fingerprint density at radius 1 is 1.36 bits per heavy atom. The molecule has 4 N–H and O–H groups in total. The van der Waals surface area contributed by atoms with Gasteiger partial charge in [-0.1, -0.05) is 19.9 Å². The molecule has 0 spiro atoms. The number of ether oxygens (including phenoxy) is 1. The van der Waals surface area contributed by atoms with Crippen molar-refractivity contribution in [3.8, 4) is 5.75 Å². The number of carbonyl (C=O) groups is 3. The van der Waals surface area contributed by atoms with Crippen LogP contribution in [-0.2, 0) is 16.0 Å². The van der Waals surface area contributed by atoms with Gasteiger partial charge in [0.25, 0.3) is 0 Å². The first-order valence-electron chi connectivity index (χ1n) is 10.3. The van der Waals surface area contributed by atoms with E-state index in [2.05, 4.69) is 12.1 Å². The highest BCUT2D eigenvalue weighted by Crippen LogP contribution is 2.32. The summed E-state index contributed by atoms with van der Waals surface area (Å²) in [6, 6.07) is 8.68. The molecule has 1 atom stereocenters. The van der Waals surface area contributed by atoms with Crippen LogP contribution < -0.4 is 10.5 Å². The van der Waals surface area contributed by atoms with E-state index < -0.39 is 28.9 Å². The van der Waals surface area contributed by atoms with Gasteiger partial charge in [0.15, 0.2) is 5.82 Å². The Morgan fingerprint density at radius 3 is 2.73 bits per heavy atom. The molecule has 10 heteroatoms. The van der Waals surface area contributed by atoms with Crippen molar-refractivity contribution in [1.29, 1.82) is 5.41 Å². The van der Waals surface area contributed by atoms with E-state index in [-0.39, 0.29) is 34.6 Å². The summed E-state index contributed by atoms with van der Waals surface area (Å²) >= 11 is 1.13. The first-order chi connectivity index (χ1) is 15.5. The monoisotopic (exact) mass is 473 g/mol. The SMILES string of the molecule is CC(C)(Cc1ccc(C(=O)Oc2c#cc(C(=N)N)cc2F)s1)C(=O)N1CCCC1CC(=O)O. The Morgan fingerprint density at radius 2 is 2.09 bits per heavy atom. The quantitative estimate of drug-likeness (QED) is 0.307. The molecule has 1 aromatic carbocycles. The standard InChI is InChI=1S/C23H24FN3O5S/c1-23(2,22(31)27-9-3-4-14(27)11-19(28)29)12-15-6-8-18(33-15)21(30)32-17-7-5-13(20(25)26)10-16(17)24/h6,8,10,14H,3-4,9,11-12H2,1-2H3,(H3,25,26)(H,28,29). The van der Waals surface area contributed by atoms with E-state index in [9.17, 15) is 18.8 Å². The number of carboxylic acid groups (broad SMARTS) is 1. The second kappa shape index (κ2) is 9.58. The number of hydrogen-bond donors (Lipinski definition) is 3. The molecule has 1 aliphatic heterocycles. The number of carbonyl (C=O) groups excluding carboxylic acids is 2. The number of nitrogens with zero attached hydrogens (tertiary/aromatic N) is 1. The molecule has 0 saturated carbocycles. The second-order valence-electron chi connectivity index (χ2n) is 8.51. The van der Waals surface area contributed by atoms with Gasteiger partial charge in [-0.3, -0.25) is 15.0 Å². The number of nitrogen functional groups attached to an aromatic ring is 1. The van der Waals surface area contributed by atoms with Gasteiger partial charge in [0.1, 0.15) is 10.7 Å². The summed E-state index contributed by atoms with van der Waals surface area (Å²) in [4.78, 5) is 39.3. The molecule has 1 unspecified atom stereocenters. The first kappa shape index (κ1) is 24.2. The Labute approximate surface area is 194 Å². The number of nitrogens with two attached hydrogens (primary N) is 1. The zero-order valence-electron chi connectivity index (χ0n) is 18.2. The van der Waals surface area contributed by atoms with Crippen LogP contribution in [0.2, 0.25) is 0 Å². The van der Waals surface area contributed by atoms with Crippen LogP contribution in [0.3, 0.4) is 0 Å². The first-order valence-corrected chi connectivity index (χ1v) is 11.1. The summed E-state index contributed by atoms with van der Waals surface area (Å²) in [7, 11) is 0. The van der Waals surface area contributed by atoms with E-state index in [4.69, 9.17) is 21.0 Å². The fraction of sp³-hybridized carbons (Fsp3) is 0.391. The van der Waals surface area contributed by atoms with Crippen molar-refractivity contribution in [3.05, 3.63) is 51.5 Å². The lowest BCUT2D eigenvalue weighted by Gasteiger charge is -2.32. The Kier molecular flexibility index (Phi) is 7.03. The van der Waals surface area contributed by atoms with Crippen molar-refractivity contribution in [2.24, 2.45) is 11.1 Å². The van der Waals surface area contributed by atoms with Gasteiger partial charge in [0.2, 0.25) is 11.7 Å². The Bertz CT molecular complexity index is 1100. The zero-order chi connectivity index (χ0) is 24.3. The van der Waals surface area contributed by atoms with Crippen LogP contribution in [0.25, 0.3) is 0 Å². The fourth-order valence-corrected chi connectivity index (χ4v) is 4.89. The highest BCUT2D eigenvalue weighted by Gasteiger charge is 2.38. The molecular weight excluding hydrogens is 449 g/mol. The summed E-state index contributed by atoms with van der Waals surface area (Å²) in [5.74, 6) is -3.56. The molecule has 174 valence electrons. The largest absolute Gasteiger partial charge is 0.481 e. The fourth-order valence-electron chi connectivity index (χ4n) is 3.77. The zero-order valence-corrected chi connectivity index (χ0v) is 19.1. The number of nitrogens with one attached hydrogen (secondary N) is 1. The predicted molar refractivity (Wildman–Crippen MR) is 119 cm³/mol. The Balaban J connectivity index is 1.67. The average molecular weight is 474 g/mol. The van der Waals surface area contributed by atoms with Gasteiger partial charge < -0.3 is 20.5 Å². The third kappa shape index (κ3) is 5.68. The second-order valence-corrected chi connectivity index (χ2v) is 9.68. The predicted octanol–water partition coefficient (Wildman–Crippen LogP) is 3.03. The van der Waals surface area contributed by atoms with Gasteiger partial charge in [-0.15, -0.1) is 11.3 Å². The van der Waals surface area contributed by atoms with Crippen molar-refractivity contribution < 1.29 is 28.6 Å². The van der Waals surface area contributed by atoms with Crippen molar-refractivity contribution in [2.75, 3.05) is 6.54 Å². The van der Waals surface area contributed by atoms with E-state index in [1.165, 1.54) is 6.07 Å². The highest BCUT2D eigenvalue weighted by molar-refractivity contribution is 7.14. The number of rotatable bonds is 8. The Hall–Kier alpha value is -3.45. The van der Waals surface area contributed by atoms with Crippen LogP contribution in [-0.4, -0.2) is 46.3 Å². The molecule has 0 aliphatic carbocycles. The molecule has 1 aliphatic rings. The number of thiophene rings is 1. The summed E-state index contributed by atoms with van der Waals surface area (Å²) in [6.45, 7) is 4.11. The summed E-state index contributed by atoms with van der Waals surface area (Å²) < 4.78 is 19.2. The van der Waals surface area contributed by atoms with E-state index in [0.29, 0.717) is 19.4 Å². The molecule has 0 radical (unpaired) electrons. The molecule has 0 bridgehead atoms. The molecule has 2 heterocycles. The minimum Gasteiger partial charge on any atom is -0.481 e. The van der Waals surface area contributed by atoms with Gasteiger partial charge >= 0.3 is 11.9 Å². The van der Waals surface area contributed by atoms with Crippen LogP contribution in [0.4, 0.5) is 4.39 Å². The lowest BCUT2D eigenvalue weighted by Crippen LogP contribution is -2.45. The summed E-state index contributed by atoms with van der Waals surface area (Å²) in [5.41, 5.74) is 4.47. The van der Waals surface area contributed by atoms with Gasteiger partial charge in [0.05, 0.1) is 12.0 Å². The topological polar surface area (TPSA) is 134 Å². The minimum absolute atomic E-state index is 0.00111. The summed E-state index contributed by atoms with van der Waals surface area (Å²) in [5, 5.41) is 16.4. The normalized spacial score (nSPS) is 15.7. The molecule has 1 aromatic heterocycles. The molecule has 3 rings (SSSR count). The van der Waals surface area contributed by atoms with Crippen LogP contribution in [0, 0.1) is 28.8 Å². The van der Waals surface area contributed by atoms with Gasteiger partial charge in [0, 0.05) is 22.9 Å². The number of esters is 1. The van der Waals surface area contributed by atoms with Crippen LogP contribution in [0.1, 0.15) is 53.2 Å². The number of likely N-dealkylation sites (tertiary alicyclic amines) is 1. The van der Waals surface area contributed by atoms with Crippen LogP contribution in [0.15, 0.2) is 18.2 Å². The summed E-state index contributed by atoms with van der Waals surface area (Å²) in [6.07, 6.45) is 1.71.